The molecule has 278 valence electrons. The summed E-state index contributed by atoms with van der Waals surface area (Å²) in [6.45, 7) is 4.65. The number of carbonyl (C=O) groups excluding carboxylic acids is 1. The summed E-state index contributed by atoms with van der Waals surface area (Å²) in [7, 11) is 3.21. The van der Waals surface area contributed by atoms with Gasteiger partial charge in [-0.3, -0.25) is 9.69 Å². The van der Waals surface area contributed by atoms with Crippen LogP contribution in [-0.4, -0.2) is 82.8 Å². The molecule has 0 amide bonds. The van der Waals surface area contributed by atoms with Gasteiger partial charge in [-0.1, -0.05) is 55.0 Å². The van der Waals surface area contributed by atoms with E-state index in [9.17, 15) is 25.2 Å². The summed E-state index contributed by atoms with van der Waals surface area (Å²) in [5.74, 6) is 1.13. The Kier molecular flexibility index (Phi) is 11.9. The van der Waals surface area contributed by atoms with E-state index in [0.29, 0.717) is 60.6 Å². The number of ether oxygens (including phenoxy) is 2. The van der Waals surface area contributed by atoms with Gasteiger partial charge in [0, 0.05) is 46.9 Å². The van der Waals surface area contributed by atoms with Crippen molar-refractivity contribution in [1.82, 2.24) is 4.90 Å². The Bertz CT molecular complexity index is 1870. The van der Waals surface area contributed by atoms with Crippen LogP contribution in [0.4, 0.5) is 0 Å². The lowest BCUT2D eigenvalue weighted by Gasteiger charge is -2.46. The molecule has 4 aromatic rings. The molecular formula is C43H53NO7S. The highest BCUT2D eigenvalue weighted by molar-refractivity contribution is 7.21. The highest BCUT2D eigenvalue weighted by Crippen LogP contribution is 2.59. The Morgan fingerprint density at radius 2 is 1.85 bits per heavy atom. The van der Waals surface area contributed by atoms with Crippen molar-refractivity contribution in [3.05, 3.63) is 106 Å². The Morgan fingerprint density at radius 1 is 1.04 bits per heavy atom. The van der Waals surface area contributed by atoms with Crippen molar-refractivity contribution in [3.63, 3.8) is 0 Å². The molecule has 2 bridgehead atoms. The van der Waals surface area contributed by atoms with E-state index in [2.05, 4.69) is 26.0 Å². The van der Waals surface area contributed by atoms with Gasteiger partial charge in [0.25, 0.3) is 0 Å². The van der Waals surface area contributed by atoms with Gasteiger partial charge in [-0.2, -0.15) is 0 Å². The second-order valence-corrected chi connectivity index (χ2v) is 16.2. The van der Waals surface area contributed by atoms with E-state index in [4.69, 9.17) is 9.47 Å². The van der Waals surface area contributed by atoms with E-state index < -0.39 is 29.8 Å². The number of methoxy groups -OCH3 is 2. The summed E-state index contributed by atoms with van der Waals surface area (Å²) in [5, 5.41) is 45.6. The zero-order chi connectivity index (χ0) is 37.0. The van der Waals surface area contributed by atoms with Crippen LogP contribution in [0.15, 0.2) is 78.4 Å². The molecule has 5 atom stereocenters. The zero-order valence-electron chi connectivity index (χ0n) is 30.8. The number of nitrogens with zero attached hydrogens (tertiary/aromatic N) is 1. The predicted molar refractivity (Wildman–Crippen MR) is 207 cm³/mol. The molecular weight excluding hydrogens is 675 g/mol. The normalized spacial score (nSPS) is 24.4. The van der Waals surface area contributed by atoms with Crippen LogP contribution in [0, 0.1) is 5.41 Å². The first-order valence-corrected chi connectivity index (χ1v) is 19.2. The van der Waals surface area contributed by atoms with Crippen molar-refractivity contribution in [1.29, 1.82) is 0 Å². The van der Waals surface area contributed by atoms with Crippen molar-refractivity contribution in [3.8, 4) is 11.5 Å². The summed E-state index contributed by atoms with van der Waals surface area (Å²) >= 11 is 1.50. The van der Waals surface area contributed by atoms with Gasteiger partial charge in [0.15, 0.2) is 0 Å². The van der Waals surface area contributed by atoms with Crippen LogP contribution in [0.25, 0.3) is 10.1 Å². The van der Waals surface area contributed by atoms with Crippen molar-refractivity contribution in [2.45, 2.75) is 89.1 Å². The maximum Gasteiger partial charge on any atom is 0.203 e. The molecule has 1 fully saturated rings. The molecule has 0 saturated heterocycles. The molecule has 5 unspecified atom stereocenters. The fourth-order valence-corrected chi connectivity index (χ4v) is 9.57. The zero-order valence-corrected chi connectivity index (χ0v) is 31.6. The summed E-state index contributed by atoms with van der Waals surface area (Å²) in [6.07, 6.45) is 5.17. The van der Waals surface area contributed by atoms with Gasteiger partial charge >= 0.3 is 0 Å². The third-order valence-electron chi connectivity index (χ3n) is 11.6. The summed E-state index contributed by atoms with van der Waals surface area (Å²) in [6, 6.07) is 21.7. The first-order chi connectivity index (χ1) is 25.0. The molecule has 3 aliphatic carbocycles. The fourth-order valence-electron chi connectivity index (χ4n) is 8.56. The van der Waals surface area contributed by atoms with Crippen LogP contribution >= 0.6 is 11.3 Å². The van der Waals surface area contributed by atoms with Crippen molar-refractivity contribution >= 4 is 27.2 Å². The van der Waals surface area contributed by atoms with E-state index in [0.717, 1.165) is 39.6 Å². The summed E-state index contributed by atoms with van der Waals surface area (Å²) in [4.78, 5) is 17.3. The minimum absolute atomic E-state index is 0.0348. The first-order valence-electron chi connectivity index (χ1n) is 18.4. The molecule has 3 aromatic carbocycles. The van der Waals surface area contributed by atoms with Crippen LogP contribution in [-0.2, 0) is 13.0 Å². The lowest BCUT2D eigenvalue weighted by molar-refractivity contribution is -0.0908. The molecule has 1 heterocycles. The number of aliphatic hydroxyl groups excluding tert-OH is 3. The molecule has 7 rings (SSSR count). The molecule has 4 N–H and O–H groups in total. The third-order valence-corrected chi connectivity index (χ3v) is 12.7. The smallest absolute Gasteiger partial charge is 0.203 e. The lowest BCUT2D eigenvalue weighted by atomic mass is 9.64. The number of hydrogen-bond donors (Lipinski definition) is 4. The Hall–Kier alpha value is -3.57. The predicted octanol–water partition coefficient (Wildman–Crippen LogP) is 7.04. The van der Waals surface area contributed by atoms with E-state index in [1.54, 1.807) is 14.2 Å². The quantitative estimate of drug-likeness (QED) is 0.0960. The van der Waals surface area contributed by atoms with E-state index in [1.807, 2.05) is 65.6 Å². The van der Waals surface area contributed by atoms with Crippen LogP contribution in [0.1, 0.15) is 90.2 Å². The highest BCUT2D eigenvalue weighted by Gasteiger charge is 2.57. The van der Waals surface area contributed by atoms with Crippen molar-refractivity contribution < 1.29 is 34.7 Å². The standard InChI is InChI=1S/C43H53NO7S/c1-28-8-7-18-42(2)37(17-19-43(42,49)27-44(25-33(47)26-45)24-31-13-15-34(50-3)23-38(31)51-4)35-16-12-29(20-32(46)14-11-28)21-36(35)41(48)40-22-30-9-5-6-10-39(30)52-40/h5-6,8-10,12-13,15-16,21-23,32-33,37,45-47,49H,7,11,14,17-20,24-27H2,1-4H3. The maximum atomic E-state index is 14.6. The third kappa shape index (κ3) is 8.00. The number of aliphatic hydroxyl groups is 4. The van der Waals surface area contributed by atoms with Crippen molar-refractivity contribution in [2.75, 3.05) is 33.9 Å². The number of carbonyl (C=O) groups is 1. The molecule has 1 saturated carbocycles. The number of ketones is 1. The lowest BCUT2D eigenvalue weighted by Crippen LogP contribution is -2.53. The second kappa shape index (κ2) is 16.2. The first kappa shape index (κ1) is 38.2. The number of rotatable bonds is 11. The van der Waals surface area contributed by atoms with Crippen molar-refractivity contribution in [2.24, 2.45) is 5.41 Å². The van der Waals surface area contributed by atoms with Crippen LogP contribution in [0.3, 0.4) is 0 Å². The largest absolute Gasteiger partial charge is 0.497 e. The van der Waals surface area contributed by atoms with Crippen LogP contribution in [0.2, 0.25) is 0 Å². The number of thiophene rings is 1. The number of fused-ring (bicyclic) bond motifs is 9. The molecule has 1 aromatic heterocycles. The monoisotopic (exact) mass is 727 g/mol. The van der Waals surface area contributed by atoms with Gasteiger partial charge in [0.05, 0.1) is 43.5 Å². The van der Waals surface area contributed by atoms with Gasteiger partial charge in [-0.25, -0.2) is 0 Å². The molecule has 0 radical (unpaired) electrons. The molecule has 0 aliphatic heterocycles. The van der Waals surface area contributed by atoms with E-state index in [1.165, 1.54) is 16.9 Å². The summed E-state index contributed by atoms with van der Waals surface area (Å²) in [5.41, 5.74) is 2.72. The number of hydrogen-bond acceptors (Lipinski definition) is 9. The molecule has 3 aliphatic rings. The van der Waals surface area contributed by atoms with Gasteiger partial charge in [0.1, 0.15) is 11.5 Å². The SMILES string of the molecule is COc1ccc(CN(CC(O)CO)CC2(O)CCC3c4ccc(cc4C(=O)c4cc5ccccc5s4)CC(O)CCC(C)=CCCC32C)c(OC)c1. The van der Waals surface area contributed by atoms with Crippen LogP contribution in [0.5, 0.6) is 11.5 Å². The highest BCUT2D eigenvalue weighted by atomic mass is 32.1. The molecule has 0 spiro atoms. The minimum atomic E-state index is -1.20. The summed E-state index contributed by atoms with van der Waals surface area (Å²) < 4.78 is 12.2. The minimum Gasteiger partial charge on any atom is -0.497 e. The second-order valence-electron chi connectivity index (χ2n) is 15.1. The average Bonchev–Trinajstić information content (AvgIpc) is 3.68. The van der Waals surface area contributed by atoms with E-state index >= 15 is 0 Å². The average molecular weight is 728 g/mol. The molecule has 52 heavy (non-hydrogen) atoms. The Balaban J connectivity index is 1.42. The molecule has 8 nitrogen and oxygen atoms in total. The van der Waals surface area contributed by atoms with Gasteiger partial charge in [0.2, 0.25) is 5.78 Å². The number of allylic oxidation sites excluding steroid dienone is 2. The van der Waals surface area contributed by atoms with Gasteiger partial charge in [-0.05, 0) is 98.6 Å². The Labute approximate surface area is 311 Å². The molecule has 9 heteroatoms. The maximum absolute atomic E-state index is 14.6. The van der Waals surface area contributed by atoms with E-state index in [-0.39, 0.29) is 24.8 Å². The topological polar surface area (TPSA) is 120 Å². The van der Waals surface area contributed by atoms with Gasteiger partial charge < -0.3 is 29.9 Å². The number of benzene rings is 3. The Morgan fingerprint density at radius 3 is 2.60 bits per heavy atom. The fraction of sp³-hybridized carbons (Fsp3) is 0.465. The van der Waals surface area contributed by atoms with Gasteiger partial charge in [-0.15, -0.1) is 11.3 Å². The van der Waals surface area contributed by atoms with Crippen LogP contribution < -0.4 is 9.47 Å².